The lowest BCUT2D eigenvalue weighted by molar-refractivity contribution is -0.142. The van der Waals surface area contributed by atoms with Crippen molar-refractivity contribution >= 4 is 47.4 Å². The van der Waals surface area contributed by atoms with Crippen molar-refractivity contribution in [3.05, 3.63) is 29.8 Å². The molecule has 15 N–H and O–H groups in total. The van der Waals surface area contributed by atoms with Gasteiger partial charge in [0.05, 0.1) is 13.2 Å². The molecule has 0 saturated carbocycles. The number of aliphatic imine (C=N–C) groups is 1. The van der Waals surface area contributed by atoms with E-state index in [1.54, 1.807) is 27.7 Å². The molecule has 1 rings (SSSR count). The van der Waals surface area contributed by atoms with Gasteiger partial charge in [-0.25, -0.2) is 4.79 Å². The van der Waals surface area contributed by atoms with E-state index in [4.69, 9.17) is 22.3 Å². The minimum atomic E-state index is -1.29. The van der Waals surface area contributed by atoms with E-state index >= 15 is 0 Å². The Bertz CT molecular complexity index is 1470. The zero-order chi connectivity index (χ0) is 41.1. The molecule has 0 aromatic heterocycles. The number of carbonyl (C=O) groups excluding carboxylic acids is 6. The van der Waals surface area contributed by atoms with E-state index in [1.165, 1.54) is 31.2 Å². The standard InChI is InChI=1S/C34H56N10O10/c1-17(2)13-24(31(51)42-23(33(53)54)7-6-12-38-34(36)37)41-26(47)15-39-30(50)25(14-20-8-10-21(46)11-9-20)43-32(52)27(18(3)4)44-28(48)19(5)40-29(49)22(35)16-45/h8-11,17-19,22-25,27,45-46H,6-7,12-16,35H2,1-5H3,(H,39,50)(H,40,49)(H,41,47)(H,42,51)(H,43,52)(H,44,48)(H,53,54)(H4,36,37,38)/t19-,22-,23-,24-,25-,27-/m0/s1. The monoisotopic (exact) mass is 764 g/mol. The van der Waals surface area contributed by atoms with Gasteiger partial charge < -0.3 is 64.4 Å². The molecular weight excluding hydrogens is 708 g/mol. The molecule has 0 saturated heterocycles. The van der Waals surface area contributed by atoms with Crippen molar-refractivity contribution in [3.63, 3.8) is 0 Å². The lowest BCUT2D eigenvalue weighted by atomic mass is 10.0. The molecule has 0 heterocycles. The van der Waals surface area contributed by atoms with Crippen molar-refractivity contribution in [2.45, 2.75) is 96.6 Å². The van der Waals surface area contributed by atoms with Crippen LogP contribution < -0.4 is 49.1 Å². The molecule has 0 aliphatic heterocycles. The fourth-order valence-corrected chi connectivity index (χ4v) is 4.89. The molecule has 6 atom stereocenters. The molecule has 20 nitrogen and oxygen atoms in total. The number of aromatic hydroxyl groups is 1. The van der Waals surface area contributed by atoms with E-state index in [2.05, 4.69) is 36.9 Å². The summed E-state index contributed by atoms with van der Waals surface area (Å²) in [5.74, 6) is -6.68. The van der Waals surface area contributed by atoms with Crippen LogP contribution in [0.2, 0.25) is 0 Å². The Kier molecular flexibility index (Phi) is 20.0. The summed E-state index contributed by atoms with van der Waals surface area (Å²) in [6.07, 6.45) is 0.319. The molecule has 0 spiro atoms. The van der Waals surface area contributed by atoms with E-state index in [-0.39, 0.29) is 49.9 Å². The third-order valence-corrected chi connectivity index (χ3v) is 7.88. The molecule has 0 fully saturated rings. The fourth-order valence-electron chi connectivity index (χ4n) is 4.89. The van der Waals surface area contributed by atoms with Crippen LogP contribution in [0.15, 0.2) is 29.3 Å². The first-order chi connectivity index (χ1) is 25.2. The van der Waals surface area contributed by atoms with Gasteiger partial charge >= 0.3 is 5.97 Å². The van der Waals surface area contributed by atoms with Crippen LogP contribution in [0.25, 0.3) is 0 Å². The average molecular weight is 765 g/mol. The molecule has 0 radical (unpaired) electrons. The van der Waals surface area contributed by atoms with Gasteiger partial charge in [-0.2, -0.15) is 0 Å². The first kappa shape index (κ1) is 46.5. The number of carbonyl (C=O) groups is 7. The van der Waals surface area contributed by atoms with E-state index < -0.39 is 96.7 Å². The zero-order valence-electron chi connectivity index (χ0n) is 31.3. The fraction of sp³-hybridized carbons (Fsp3) is 0.588. The number of rotatable bonds is 23. The maximum absolute atomic E-state index is 13.5. The van der Waals surface area contributed by atoms with Crippen LogP contribution in [0.3, 0.4) is 0 Å². The molecule has 0 aliphatic rings. The quantitative estimate of drug-likeness (QED) is 0.0295. The smallest absolute Gasteiger partial charge is 0.326 e. The van der Waals surface area contributed by atoms with Crippen LogP contribution >= 0.6 is 0 Å². The van der Waals surface area contributed by atoms with Gasteiger partial charge in [-0.1, -0.05) is 39.8 Å². The predicted molar refractivity (Wildman–Crippen MR) is 197 cm³/mol. The molecule has 6 amide bonds. The molecule has 54 heavy (non-hydrogen) atoms. The van der Waals surface area contributed by atoms with Crippen LogP contribution in [0.4, 0.5) is 0 Å². The summed E-state index contributed by atoms with van der Waals surface area (Å²) in [6, 6.07) is -1.48. The molecular formula is C34H56N10O10. The second kappa shape index (κ2) is 23.2. The van der Waals surface area contributed by atoms with Gasteiger partial charge in [0.1, 0.15) is 42.0 Å². The minimum absolute atomic E-state index is 0.0145. The normalized spacial score (nSPS) is 14.3. The van der Waals surface area contributed by atoms with Crippen LogP contribution in [0, 0.1) is 11.8 Å². The maximum atomic E-state index is 13.5. The number of hydrogen-bond acceptors (Lipinski definition) is 11. The number of benzene rings is 1. The van der Waals surface area contributed by atoms with Crippen molar-refractivity contribution in [1.29, 1.82) is 0 Å². The van der Waals surface area contributed by atoms with Gasteiger partial charge in [0.2, 0.25) is 35.4 Å². The topological polar surface area (TPSA) is 343 Å². The third-order valence-electron chi connectivity index (χ3n) is 7.88. The van der Waals surface area contributed by atoms with Gasteiger partial charge in [0.25, 0.3) is 0 Å². The Morgan fingerprint density at radius 3 is 1.91 bits per heavy atom. The highest BCUT2D eigenvalue weighted by Crippen LogP contribution is 2.13. The summed E-state index contributed by atoms with van der Waals surface area (Å²) >= 11 is 0. The Labute approximate surface area is 313 Å². The minimum Gasteiger partial charge on any atom is -0.508 e. The van der Waals surface area contributed by atoms with Crippen LogP contribution in [0.5, 0.6) is 5.75 Å². The highest BCUT2D eigenvalue weighted by molar-refractivity contribution is 5.96. The van der Waals surface area contributed by atoms with Crippen LogP contribution in [-0.4, -0.2) is 119 Å². The number of nitrogens with one attached hydrogen (secondary N) is 6. The van der Waals surface area contributed by atoms with E-state index in [1.807, 2.05) is 0 Å². The van der Waals surface area contributed by atoms with Gasteiger partial charge in [-0.3, -0.25) is 33.8 Å². The number of guanidine groups is 1. The predicted octanol–water partition coefficient (Wildman–Crippen LogP) is -3.35. The van der Waals surface area contributed by atoms with Crippen molar-refractivity contribution in [1.82, 2.24) is 31.9 Å². The lowest BCUT2D eigenvalue weighted by Gasteiger charge is -2.27. The lowest BCUT2D eigenvalue weighted by Crippen LogP contribution is -2.59. The summed E-state index contributed by atoms with van der Waals surface area (Å²) < 4.78 is 0. The van der Waals surface area contributed by atoms with Crippen molar-refractivity contribution in [2.75, 3.05) is 19.7 Å². The van der Waals surface area contributed by atoms with E-state index in [9.17, 15) is 43.8 Å². The largest absolute Gasteiger partial charge is 0.508 e. The number of amides is 6. The molecule has 302 valence electrons. The van der Waals surface area contributed by atoms with Crippen LogP contribution in [0.1, 0.15) is 59.4 Å². The number of aliphatic hydroxyl groups excluding tert-OH is 1. The number of nitrogens with two attached hydrogens (primary N) is 3. The summed E-state index contributed by atoms with van der Waals surface area (Å²) in [6.45, 7) is 7.12. The number of phenolic OH excluding ortho intramolecular Hbond substituents is 1. The third kappa shape index (κ3) is 17.3. The Hall–Kier alpha value is -5.50. The summed E-state index contributed by atoms with van der Waals surface area (Å²) in [7, 11) is 0. The van der Waals surface area contributed by atoms with Crippen molar-refractivity contribution in [3.8, 4) is 5.75 Å². The Morgan fingerprint density at radius 1 is 0.759 bits per heavy atom. The Balaban J connectivity index is 3.09. The van der Waals surface area contributed by atoms with Crippen LogP contribution in [-0.2, 0) is 40.0 Å². The van der Waals surface area contributed by atoms with Crippen molar-refractivity contribution < 1.29 is 48.9 Å². The van der Waals surface area contributed by atoms with E-state index in [0.717, 1.165) is 0 Å². The number of phenols is 1. The van der Waals surface area contributed by atoms with E-state index in [0.29, 0.717) is 5.56 Å². The first-order valence-electron chi connectivity index (χ1n) is 17.5. The molecule has 20 heteroatoms. The highest BCUT2D eigenvalue weighted by Gasteiger charge is 2.32. The molecule has 0 unspecified atom stereocenters. The second-order valence-corrected chi connectivity index (χ2v) is 13.5. The number of aliphatic hydroxyl groups is 1. The maximum Gasteiger partial charge on any atom is 0.326 e. The van der Waals surface area contributed by atoms with Gasteiger partial charge in [-0.15, -0.1) is 0 Å². The van der Waals surface area contributed by atoms with Gasteiger partial charge in [0.15, 0.2) is 5.96 Å². The number of carboxylic acids is 1. The van der Waals surface area contributed by atoms with Gasteiger partial charge in [0, 0.05) is 13.0 Å². The summed E-state index contributed by atoms with van der Waals surface area (Å²) in [5.41, 5.74) is 16.6. The molecule has 0 aliphatic carbocycles. The summed E-state index contributed by atoms with van der Waals surface area (Å²) in [5, 5.41) is 43.3. The number of nitrogens with zero attached hydrogens (tertiary/aromatic N) is 1. The molecule has 1 aromatic rings. The summed E-state index contributed by atoms with van der Waals surface area (Å²) in [4.78, 5) is 93.7. The van der Waals surface area contributed by atoms with Crippen molar-refractivity contribution in [2.24, 2.45) is 34.0 Å². The zero-order valence-corrected chi connectivity index (χ0v) is 31.3. The number of hydrogen-bond donors (Lipinski definition) is 12. The first-order valence-corrected chi connectivity index (χ1v) is 17.5. The second-order valence-electron chi connectivity index (χ2n) is 13.5. The average Bonchev–Trinajstić information content (AvgIpc) is 3.09. The number of aliphatic carboxylic acids is 1. The number of carboxylic acid groups (broad SMARTS) is 1. The van der Waals surface area contributed by atoms with Gasteiger partial charge in [-0.05, 0) is 55.7 Å². The molecule has 1 aromatic carbocycles. The highest BCUT2D eigenvalue weighted by atomic mass is 16.4. The SMILES string of the molecule is CC(C)C[C@H](NC(=O)CNC(=O)[C@H](Cc1ccc(O)cc1)NC(=O)[C@@H](NC(=O)[C@H](C)NC(=O)[C@@H](N)CO)C(C)C)C(=O)N[C@@H](CCCN=C(N)N)C(=O)O. The Morgan fingerprint density at radius 2 is 1.37 bits per heavy atom. The molecule has 0 bridgehead atoms.